The van der Waals surface area contributed by atoms with E-state index in [4.69, 9.17) is 0 Å². The van der Waals surface area contributed by atoms with Gasteiger partial charge in [0.2, 0.25) is 5.91 Å². The van der Waals surface area contributed by atoms with Gasteiger partial charge in [0, 0.05) is 29.9 Å². The number of hydrogen-bond acceptors (Lipinski definition) is 3. The Morgan fingerprint density at radius 3 is 2.33 bits per heavy atom. The predicted molar refractivity (Wildman–Crippen MR) is 99.1 cm³/mol. The third-order valence-electron chi connectivity index (χ3n) is 3.04. The lowest BCUT2D eigenvalue weighted by atomic mass is 10.1. The fraction of sp³-hybridized carbons (Fsp3) is 0.368. The fourth-order valence-electron chi connectivity index (χ4n) is 2.12. The molecule has 5 nitrogen and oxygen atoms in total. The molecule has 0 atom stereocenters. The number of hydrogen-bond donors (Lipinski definition) is 2. The third-order valence-corrected chi connectivity index (χ3v) is 3.04. The summed E-state index contributed by atoms with van der Waals surface area (Å²) in [6.45, 7) is 14.6. The van der Waals surface area contributed by atoms with Crippen LogP contribution >= 0.6 is 0 Å². The molecule has 0 aliphatic carbocycles. The molecule has 0 spiro atoms. The van der Waals surface area contributed by atoms with Crippen LogP contribution in [-0.4, -0.2) is 41.9 Å². The van der Waals surface area contributed by atoms with Crippen LogP contribution in [0.1, 0.15) is 31.1 Å². The molecule has 0 saturated carbocycles. The van der Waals surface area contributed by atoms with Gasteiger partial charge in [0.1, 0.15) is 0 Å². The van der Waals surface area contributed by atoms with Crippen LogP contribution in [0.5, 0.6) is 0 Å². The van der Waals surface area contributed by atoms with Gasteiger partial charge in [-0.25, -0.2) is 0 Å². The molecule has 5 heteroatoms. The van der Waals surface area contributed by atoms with Crippen LogP contribution in [0.4, 0.5) is 5.69 Å². The van der Waals surface area contributed by atoms with Crippen molar-refractivity contribution >= 4 is 17.5 Å². The normalized spacial score (nSPS) is 11.0. The predicted octanol–water partition coefficient (Wildman–Crippen LogP) is 2.83. The molecule has 0 radical (unpaired) electrons. The van der Waals surface area contributed by atoms with Crippen molar-refractivity contribution in [2.75, 3.05) is 25.0 Å². The Morgan fingerprint density at radius 1 is 1.17 bits per heavy atom. The molecule has 0 aliphatic heterocycles. The minimum absolute atomic E-state index is 0.146. The number of carbonyl (C=O) groups excluding carboxylic acids is 2. The van der Waals surface area contributed by atoms with E-state index in [1.165, 1.54) is 0 Å². The number of nitrogens with one attached hydrogen (secondary N) is 2. The van der Waals surface area contributed by atoms with Crippen molar-refractivity contribution in [2.45, 2.75) is 26.3 Å². The molecule has 0 unspecified atom stereocenters. The Bertz CT molecular complexity index is 593. The highest BCUT2D eigenvalue weighted by atomic mass is 16.2. The first-order valence-electron chi connectivity index (χ1n) is 7.91. The monoisotopic (exact) mass is 329 g/mol. The molecule has 2 N–H and O–H groups in total. The standard InChI is InChI=1S/C19H27N3O2/c1-6-11-22(12-7-2)14-17(23)20-16-10-8-9-15(13-16)18(24)21-19(3,4)5/h6-10,13H,1-2,11-12,14H2,3-5H3,(H,20,23)(H,21,24). The van der Waals surface area contributed by atoms with Crippen LogP contribution < -0.4 is 10.6 Å². The Hall–Kier alpha value is -2.40. The van der Waals surface area contributed by atoms with Gasteiger partial charge in [0.05, 0.1) is 6.54 Å². The van der Waals surface area contributed by atoms with Gasteiger partial charge in [-0.2, -0.15) is 0 Å². The van der Waals surface area contributed by atoms with Crippen LogP contribution in [-0.2, 0) is 4.79 Å². The van der Waals surface area contributed by atoms with Crippen LogP contribution in [0.15, 0.2) is 49.6 Å². The first kappa shape index (κ1) is 19.6. The number of benzene rings is 1. The molecule has 0 aliphatic rings. The van der Waals surface area contributed by atoms with Crippen LogP contribution in [0, 0.1) is 0 Å². The van der Waals surface area contributed by atoms with E-state index in [0.717, 1.165) is 0 Å². The average Bonchev–Trinajstić information content (AvgIpc) is 2.46. The lowest BCUT2D eigenvalue weighted by Crippen LogP contribution is -2.40. The van der Waals surface area contributed by atoms with E-state index in [1.54, 1.807) is 36.4 Å². The van der Waals surface area contributed by atoms with Gasteiger partial charge >= 0.3 is 0 Å². The molecule has 0 fully saturated rings. The number of nitrogens with zero attached hydrogens (tertiary/aromatic N) is 1. The van der Waals surface area contributed by atoms with Crippen molar-refractivity contribution in [1.82, 2.24) is 10.2 Å². The molecular weight excluding hydrogens is 302 g/mol. The van der Waals surface area contributed by atoms with Crippen molar-refractivity contribution in [1.29, 1.82) is 0 Å². The zero-order valence-corrected chi connectivity index (χ0v) is 14.8. The summed E-state index contributed by atoms with van der Waals surface area (Å²) in [5.41, 5.74) is 0.794. The second-order valence-corrected chi connectivity index (χ2v) is 6.60. The number of rotatable bonds is 8. The van der Waals surface area contributed by atoms with E-state index in [9.17, 15) is 9.59 Å². The summed E-state index contributed by atoms with van der Waals surface area (Å²) in [6.07, 6.45) is 3.49. The van der Waals surface area contributed by atoms with Crippen molar-refractivity contribution < 1.29 is 9.59 Å². The van der Waals surface area contributed by atoms with E-state index in [2.05, 4.69) is 23.8 Å². The summed E-state index contributed by atoms with van der Waals surface area (Å²) < 4.78 is 0. The summed E-state index contributed by atoms with van der Waals surface area (Å²) in [6, 6.07) is 6.90. The Morgan fingerprint density at radius 2 is 1.79 bits per heavy atom. The molecule has 1 aromatic rings. The number of amides is 2. The Kier molecular flexibility index (Phi) is 7.39. The number of anilines is 1. The third kappa shape index (κ3) is 7.24. The molecular formula is C19H27N3O2. The van der Waals surface area contributed by atoms with Crippen LogP contribution in [0.25, 0.3) is 0 Å². The molecule has 2 amide bonds. The molecule has 0 bridgehead atoms. The summed E-state index contributed by atoms with van der Waals surface area (Å²) in [5, 5.41) is 5.72. The molecule has 24 heavy (non-hydrogen) atoms. The lowest BCUT2D eigenvalue weighted by Gasteiger charge is -2.21. The SMILES string of the molecule is C=CCN(CC=C)CC(=O)Nc1cccc(C(=O)NC(C)(C)C)c1. The van der Waals surface area contributed by atoms with Gasteiger partial charge in [0.25, 0.3) is 5.91 Å². The summed E-state index contributed by atoms with van der Waals surface area (Å²) >= 11 is 0. The molecule has 0 heterocycles. The summed E-state index contributed by atoms with van der Waals surface area (Å²) in [4.78, 5) is 26.3. The second kappa shape index (κ2) is 9.03. The first-order chi connectivity index (χ1) is 11.2. The van der Waals surface area contributed by atoms with Gasteiger partial charge in [-0.15, -0.1) is 13.2 Å². The molecule has 130 valence electrons. The van der Waals surface area contributed by atoms with E-state index < -0.39 is 0 Å². The smallest absolute Gasteiger partial charge is 0.251 e. The molecule has 1 rings (SSSR count). The topological polar surface area (TPSA) is 61.4 Å². The maximum absolute atomic E-state index is 12.2. The van der Waals surface area contributed by atoms with Crippen molar-refractivity contribution in [3.63, 3.8) is 0 Å². The zero-order chi connectivity index (χ0) is 18.2. The summed E-state index contributed by atoms with van der Waals surface area (Å²) in [7, 11) is 0. The Balaban J connectivity index is 2.72. The Labute approximate surface area is 144 Å². The average molecular weight is 329 g/mol. The minimum atomic E-state index is -0.313. The van der Waals surface area contributed by atoms with Gasteiger partial charge in [-0.3, -0.25) is 14.5 Å². The zero-order valence-electron chi connectivity index (χ0n) is 14.8. The van der Waals surface area contributed by atoms with Crippen molar-refractivity contribution in [3.05, 3.63) is 55.1 Å². The molecule has 0 aromatic heterocycles. The largest absolute Gasteiger partial charge is 0.347 e. The second-order valence-electron chi connectivity index (χ2n) is 6.60. The van der Waals surface area contributed by atoms with Crippen molar-refractivity contribution in [2.24, 2.45) is 0 Å². The van der Waals surface area contributed by atoms with E-state index >= 15 is 0 Å². The van der Waals surface area contributed by atoms with E-state index in [1.807, 2.05) is 25.7 Å². The molecule has 1 aromatic carbocycles. The van der Waals surface area contributed by atoms with Crippen LogP contribution in [0.2, 0.25) is 0 Å². The highest BCUT2D eigenvalue weighted by Crippen LogP contribution is 2.12. The highest BCUT2D eigenvalue weighted by molar-refractivity contribution is 5.97. The van der Waals surface area contributed by atoms with Gasteiger partial charge < -0.3 is 10.6 Å². The first-order valence-corrected chi connectivity index (χ1v) is 7.91. The highest BCUT2D eigenvalue weighted by Gasteiger charge is 2.16. The van der Waals surface area contributed by atoms with Crippen LogP contribution in [0.3, 0.4) is 0 Å². The van der Waals surface area contributed by atoms with E-state index in [0.29, 0.717) is 24.3 Å². The lowest BCUT2D eigenvalue weighted by molar-refractivity contribution is -0.117. The quantitative estimate of drug-likeness (QED) is 0.721. The fourth-order valence-corrected chi connectivity index (χ4v) is 2.12. The van der Waals surface area contributed by atoms with Gasteiger partial charge in [0.15, 0.2) is 0 Å². The van der Waals surface area contributed by atoms with Gasteiger partial charge in [-0.1, -0.05) is 18.2 Å². The van der Waals surface area contributed by atoms with E-state index in [-0.39, 0.29) is 23.9 Å². The molecule has 0 saturated heterocycles. The maximum Gasteiger partial charge on any atom is 0.251 e. The summed E-state index contributed by atoms with van der Waals surface area (Å²) in [5.74, 6) is -0.314. The van der Waals surface area contributed by atoms with Crippen molar-refractivity contribution in [3.8, 4) is 0 Å². The minimum Gasteiger partial charge on any atom is -0.347 e. The van der Waals surface area contributed by atoms with Gasteiger partial charge in [-0.05, 0) is 39.0 Å². The maximum atomic E-state index is 12.2. The number of carbonyl (C=O) groups is 2.